The van der Waals surface area contributed by atoms with Crippen LogP contribution in [0.4, 0.5) is 11.4 Å². The molecular formula is C17H17N5O. The van der Waals surface area contributed by atoms with Crippen molar-refractivity contribution in [3.8, 4) is 18.2 Å². The van der Waals surface area contributed by atoms with Crippen LogP contribution in [0.3, 0.4) is 0 Å². The van der Waals surface area contributed by atoms with E-state index in [0.29, 0.717) is 12.3 Å². The number of anilines is 2. The summed E-state index contributed by atoms with van der Waals surface area (Å²) in [6, 6.07) is 11.2. The lowest BCUT2D eigenvalue weighted by Gasteiger charge is -2.31. The zero-order chi connectivity index (χ0) is 16.7. The van der Waals surface area contributed by atoms with Gasteiger partial charge in [-0.25, -0.2) is 0 Å². The highest BCUT2D eigenvalue weighted by atomic mass is 16.5. The van der Waals surface area contributed by atoms with E-state index in [9.17, 15) is 0 Å². The van der Waals surface area contributed by atoms with Crippen molar-refractivity contribution in [1.29, 1.82) is 15.8 Å². The summed E-state index contributed by atoms with van der Waals surface area (Å²) in [5, 5.41) is 29.8. The zero-order valence-corrected chi connectivity index (χ0v) is 13.0. The van der Waals surface area contributed by atoms with E-state index in [1.807, 2.05) is 24.3 Å². The number of aryl methyl sites for hydroxylation is 1. The van der Waals surface area contributed by atoms with Gasteiger partial charge in [0.2, 0.25) is 0 Å². The van der Waals surface area contributed by atoms with Gasteiger partial charge in [-0.15, -0.1) is 0 Å². The van der Waals surface area contributed by atoms with E-state index in [1.165, 1.54) is 5.56 Å². The molecule has 0 aliphatic carbocycles. The van der Waals surface area contributed by atoms with Crippen molar-refractivity contribution in [2.45, 2.75) is 12.8 Å². The van der Waals surface area contributed by atoms with Gasteiger partial charge in [0.1, 0.15) is 23.9 Å². The van der Waals surface area contributed by atoms with Gasteiger partial charge in [0.25, 0.3) is 0 Å². The zero-order valence-electron chi connectivity index (χ0n) is 13.0. The lowest BCUT2D eigenvalue weighted by atomic mass is 10.0. The second-order valence-corrected chi connectivity index (χ2v) is 5.14. The molecule has 0 unspecified atom stereocenters. The molecule has 1 N–H and O–H groups in total. The molecule has 23 heavy (non-hydrogen) atoms. The molecule has 2 rings (SSSR count). The molecule has 1 aromatic rings. The van der Waals surface area contributed by atoms with Crippen LogP contribution in [0.25, 0.3) is 0 Å². The fourth-order valence-corrected chi connectivity index (χ4v) is 2.59. The predicted octanol–water partition coefficient (Wildman–Crippen LogP) is 2.32. The van der Waals surface area contributed by atoms with Crippen LogP contribution in [0.2, 0.25) is 0 Å². The SMILES string of the molecule is COCCN1CCCc2ccc(NC(C#N)=C(C#N)C#N)cc21. The minimum atomic E-state index is -0.221. The lowest BCUT2D eigenvalue weighted by Crippen LogP contribution is -2.32. The number of allylic oxidation sites excluding steroid dienone is 2. The van der Waals surface area contributed by atoms with Crippen molar-refractivity contribution in [2.24, 2.45) is 0 Å². The van der Waals surface area contributed by atoms with Gasteiger partial charge < -0.3 is 15.0 Å². The highest BCUT2D eigenvalue weighted by molar-refractivity contribution is 5.67. The number of hydrogen-bond acceptors (Lipinski definition) is 6. The number of ether oxygens (including phenoxy) is 1. The van der Waals surface area contributed by atoms with Crippen molar-refractivity contribution in [1.82, 2.24) is 0 Å². The van der Waals surface area contributed by atoms with Crippen molar-refractivity contribution in [2.75, 3.05) is 37.0 Å². The third-order valence-corrected chi connectivity index (χ3v) is 3.72. The molecule has 1 heterocycles. The monoisotopic (exact) mass is 307 g/mol. The molecule has 6 nitrogen and oxygen atoms in total. The Bertz CT molecular complexity index is 717. The van der Waals surface area contributed by atoms with Crippen LogP contribution in [0.1, 0.15) is 12.0 Å². The number of fused-ring (bicyclic) bond motifs is 1. The Labute approximate surface area is 135 Å². The minimum absolute atomic E-state index is 0.0331. The van der Waals surface area contributed by atoms with E-state index in [0.717, 1.165) is 31.6 Å². The van der Waals surface area contributed by atoms with Gasteiger partial charge in [0.15, 0.2) is 5.57 Å². The first kappa shape index (κ1) is 16.4. The maximum Gasteiger partial charge on any atom is 0.163 e. The van der Waals surface area contributed by atoms with E-state index < -0.39 is 0 Å². The summed E-state index contributed by atoms with van der Waals surface area (Å²) in [6.07, 6.45) is 2.11. The van der Waals surface area contributed by atoms with Crippen LogP contribution < -0.4 is 10.2 Å². The standard InChI is InChI=1S/C17H17N5O/c1-23-8-7-22-6-2-3-13-4-5-15(9-17(13)22)21-16(12-20)14(10-18)11-19/h4-5,9,21H,2-3,6-8H2,1H3. The molecule has 6 heteroatoms. The Morgan fingerprint density at radius 3 is 2.70 bits per heavy atom. The third kappa shape index (κ3) is 3.80. The molecule has 0 saturated carbocycles. The minimum Gasteiger partial charge on any atom is -0.383 e. The quantitative estimate of drug-likeness (QED) is 0.839. The molecule has 0 atom stereocenters. The topological polar surface area (TPSA) is 95.9 Å². The van der Waals surface area contributed by atoms with Crippen LogP contribution >= 0.6 is 0 Å². The van der Waals surface area contributed by atoms with Crippen LogP contribution in [-0.4, -0.2) is 26.8 Å². The summed E-state index contributed by atoms with van der Waals surface area (Å²) in [5.74, 6) is 0. The van der Waals surface area contributed by atoms with Gasteiger partial charge >= 0.3 is 0 Å². The van der Waals surface area contributed by atoms with Crippen molar-refractivity contribution < 1.29 is 4.74 Å². The van der Waals surface area contributed by atoms with Crippen LogP contribution in [-0.2, 0) is 11.2 Å². The van der Waals surface area contributed by atoms with Gasteiger partial charge in [-0.1, -0.05) is 6.07 Å². The first-order valence-corrected chi connectivity index (χ1v) is 7.32. The highest BCUT2D eigenvalue weighted by Gasteiger charge is 2.17. The van der Waals surface area contributed by atoms with Gasteiger partial charge in [-0.2, -0.15) is 15.8 Å². The maximum absolute atomic E-state index is 9.13. The molecule has 1 aromatic carbocycles. The van der Waals surface area contributed by atoms with E-state index in [4.69, 9.17) is 20.5 Å². The first-order chi connectivity index (χ1) is 11.2. The van der Waals surface area contributed by atoms with Crippen molar-refractivity contribution >= 4 is 11.4 Å². The van der Waals surface area contributed by atoms with Gasteiger partial charge in [-0.05, 0) is 30.5 Å². The fraction of sp³-hybridized carbons (Fsp3) is 0.353. The summed E-state index contributed by atoms with van der Waals surface area (Å²) in [5.41, 5.74) is 2.79. The molecule has 1 aliphatic rings. The molecule has 0 spiro atoms. The van der Waals surface area contributed by atoms with Crippen molar-refractivity contribution in [3.63, 3.8) is 0 Å². The second-order valence-electron chi connectivity index (χ2n) is 5.14. The van der Waals surface area contributed by atoms with Gasteiger partial charge in [0, 0.05) is 31.6 Å². The summed E-state index contributed by atoms with van der Waals surface area (Å²) in [6.45, 7) is 2.41. The summed E-state index contributed by atoms with van der Waals surface area (Å²) < 4.78 is 5.15. The molecule has 1 aliphatic heterocycles. The van der Waals surface area contributed by atoms with E-state index in [1.54, 1.807) is 19.2 Å². The lowest BCUT2D eigenvalue weighted by molar-refractivity contribution is 0.205. The van der Waals surface area contributed by atoms with E-state index in [2.05, 4.69) is 10.2 Å². The molecule has 0 radical (unpaired) electrons. The molecule has 0 fully saturated rings. The number of hydrogen-bond donors (Lipinski definition) is 1. The van der Waals surface area contributed by atoms with E-state index in [-0.39, 0.29) is 11.3 Å². The Morgan fingerprint density at radius 2 is 2.04 bits per heavy atom. The van der Waals surface area contributed by atoms with E-state index >= 15 is 0 Å². The first-order valence-electron chi connectivity index (χ1n) is 7.32. The normalized spacial score (nSPS) is 12.3. The largest absolute Gasteiger partial charge is 0.383 e. The smallest absolute Gasteiger partial charge is 0.163 e. The Balaban J connectivity index is 2.30. The number of nitriles is 3. The number of nitrogens with one attached hydrogen (secondary N) is 1. The van der Waals surface area contributed by atoms with Gasteiger partial charge in [0.05, 0.1) is 6.61 Å². The number of nitrogens with zero attached hydrogens (tertiary/aromatic N) is 4. The number of benzene rings is 1. The molecule has 0 aromatic heterocycles. The summed E-state index contributed by atoms with van der Waals surface area (Å²) in [7, 11) is 1.68. The predicted molar refractivity (Wildman–Crippen MR) is 86.3 cm³/mol. The molecule has 0 bridgehead atoms. The Morgan fingerprint density at radius 1 is 1.26 bits per heavy atom. The molecular weight excluding hydrogens is 290 g/mol. The molecule has 0 amide bonds. The van der Waals surface area contributed by atoms with Gasteiger partial charge in [-0.3, -0.25) is 0 Å². The van der Waals surface area contributed by atoms with Crippen LogP contribution in [0.15, 0.2) is 29.5 Å². The second kappa shape index (κ2) is 7.84. The van der Waals surface area contributed by atoms with Crippen LogP contribution in [0, 0.1) is 34.0 Å². The third-order valence-electron chi connectivity index (χ3n) is 3.72. The Kier molecular flexibility index (Phi) is 5.58. The Hall–Kier alpha value is -3.01. The number of rotatable bonds is 5. The number of methoxy groups -OCH3 is 1. The average molecular weight is 307 g/mol. The highest BCUT2D eigenvalue weighted by Crippen LogP contribution is 2.30. The fourth-order valence-electron chi connectivity index (χ4n) is 2.59. The summed E-state index contributed by atoms with van der Waals surface area (Å²) >= 11 is 0. The molecule has 116 valence electrons. The molecule has 0 saturated heterocycles. The summed E-state index contributed by atoms with van der Waals surface area (Å²) in [4.78, 5) is 2.25. The average Bonchev–Trinajstić information content (AvgIpc) is 2.59. The van der Waals surface area contributed by atoms with Crippen molar-refractivity contribution in [3.05, 3.63) is 35.0 Å². The van der Waals surface area contributed by atoms with Crippen LogP contribution in [0.5, 0.6) is 0 Å². The maximum atomic E-state index is 9.13.